The van der Waals surface area contributed by atoms with E-state index in [1.807, 2.05) is 12.1 Å². The monoisotopic (exact) mass is 279 g/mol. The highest BCUT2D eigenvalue weighted by molar-refractivity contribution is 5.27. The lowest BCUT2D eigenvalue weighted by molar-refractivity contribution is 0.0388. The lowest BCUT2D eigenvalue weighted by Gasteiger charge is -2.08. The zero-order valence-electron chi connectivity index (χ0n) is 11.8. The van der Waals surface area contributed by atoms with Crippen molar-refractivity contribution in [3.05, 3.63) is 40.3 Å². The Bertz CT molecular complexity index is 403. The normalized spacial score (nSPS) is 10.1. The molecule has 0 saturated heterocycles. The molecule has 6 nitrogen and oxygen atoms in total. The third kappa shape index (κ3) is 7.63. The molecule has 6 heteroatoms. The molecule has 0 heterocycles. The van der Waals surface area contributed by atoms with Crippen molar-refractivity contribution in [2.75, 3.05) is 39.6 Å². The van der Waals surface area contributed by atoms with Gasteiger partial charge >= 0.3 is 0 Å². The number of nitrogens with zero attached hydrogens (tertiary/aromatic N) is 3. The SMILES string of the molecule is CCc1ccc(OCCOCCOCCN=[N+]=[N-])cc1. The molecule has 0 aliphatic rings. The summed E-state index contributed by atoms with van der Waals surface area (Å²) in [6.45, 7) is 4.94. The number of ether oxygens (including phenoxy) is 3. The molecule has 0 aromatic heterocycles. The van der Waals surface area contributed by atoms with Gasteiger partial charge in [0, 0.05) is 11.5 Å². The van der Waals surface area contributed by atoms with Gasteiger partial charge < -0.3 is 14.2 Å². The van der Waals surface area contributed by atoms with Crippen molar-refractivity contribution in [3.63, 3.8) is 0 Å². The molecule has 1 rings (SSSR count). The van der Waals surface area contributed by atoms with Gasteiger partial charge in [-0.05, 0) is 29.6 Å². The summed E-state index contributed by atoms with van der Waals surface area (Å²) < 4.78 is 16.1. The van der Waals surface area contributed by atoms with Crippen LogP contribution in [-0.4, -0.2) is 39.6 Å². The van der Waals surface area contributed by atoms with Crippen LogP contribution in [0, 0.1) is 0 Å². The summed E-state index contributed by atoms with van der Waals surface area (Å²) in [6.07, 6.45) is 1.03. The van der Waals surface area contributed by atoms with Crippen LogP contribution in [-0.2, 0) is 15.9 Å². The van der Waals surface area contributed by atoms with Gasteiger partial charge in [0.25, 0.3) is 0 Å². The van der Waals surface area contributed by atoms with E-state index in [4.69, 9.17) is 19.7 Å². The van der Waals surface area contributed by atoms with Crippen molar-refractivity contribution >= 4 is 0 Å². The van der Waals surface area contributed by atoms with Crippen LogP contribution < -0.4 is 4.74 Å². The van der Waals surface area contributed by atoms with Crippen LogP contribution in [0.2, 0.25) is 0 Å². The molecule has 0 atom stereocenters. The van der Waals surface area contributed by atoms with Crippen LogP contribution in [0.25, 0.3) is 10.4 Å². The molecule has 0 aliphatic carbocycles. The van der Waals surface area contributed by atoms with Gasteiger partial charge in [-0.2, -0.15) is 0 Å². The first kappa shape index (κ1) is 16.3. The quantitative estimate of drug-likeness (QED) is 0.270. The summed E-state index contributed by atoms with van der Waals surface area (Å²) in [5.74, 6) is 0.858. The Morgan fingerprint density at radius 2 is 1.65 bits per heavy atom. The standard InChI is InChI=1S/C14H21N3O3/c1-2-13-3-5-14(6-4-13)20-12-11-19-10-9-18-8-7-16-17-15/h3-6H,2,7-12H2,1H3. The van der Waals surface area contributed by atoms with Crippen molar-refractivity contribution in [2.24, 2.45) is 5.11 Å². The summed E-state index contributed by atoms with van der Waals surface area (Å²) in [6, 6.07) is 8.07. The van der Waals surface area contributed by atoms with E-state index in [1.165, 1.54) is 5.56 Å². The van der Waals surface area contributed by atoms with E-state index in [-0.39, 0.29) is 0 Å². The number of benzene rings is 1. The Morgan fingerprint density at radius 1 is 1.00 bits per heavy atom. The molecule has 0 N–H and O–H groups in total. The summed E-state index contributed by atoms with van der Waals surface area (Å²) in [4.78, 5) is 2.63. The Hall–Kier alpha value is -1.75. The molecule has 0 radical (unpaired) electrons. The van der Waals surface area contributed by atoms with Crippen LogP contribution in [0.3, 0.4) is 0 Å². The van der Waals surface area contributed by atoms with Gasteiger partial charge in [0.15, 0.2) is 0 Å². The van der Waals surface area contributed by atoms with Gasteiger partial charge in [0.05, 0.1) is 26.4 Å². The van der Waals surface area contributed by atoms with E-state index in [1.54, 1.807) is 0 Å². The molecule has 1 aromatic rings. The molecular weight excluding hydrogens is 258 g/mol. The maximum Gasteiger partial charge on any atom is 0.119 e. The Kier molecular flexibility index (Phi) is 9.06. The summed E-state index contributed by atoms with van der Waals surface area (Å²) in [7, 11) is 0. The van der Waals surface area contributed by atoms with E-state index >= 15 is 0 Å². The number of rotatable bonds is 11. The molecule has 0 amide bonds. The predicted octanol–water partition coefficient (Wildman–Crippen LogP) is 2.97. The van der Waals surface area contributed by atoms with Crippen molar-refractivity contribution in [3.8, 4) is 5.75 Å². The highest BCUT2D eigenvalue weighted by atomic mass is 16.5. The second kappa shape index (κ2) is 11.1. The first-order valence-corrected chi connectivity index (χ1v) is 6.75. The fourth-order valence-electron chi connectivity index (χ4n) is 1.51. The average molecular weight is 279 g/mol. The smallest absolute Gasteiger partial charge is 0.119 e. The molecule has 110 valence electrons. The molecule has 20 heavy (non-hydrogen) atoms. The lowest BCUT2D eigenvalue weighted by Crippen LogP contribution is -2.11. The third-order valence-electron chi connectivity index (χ3n) is 2.60. The van der Waals surface area contributed by atoms with Crippen molar-refractivity contribution in [1.29, 1.82) is 0 Å². The maximum absolute atomic E-state index is 8.05. The van der Waals surface area contributed by atoms with Crippen molar-refractivity contribution in [1.82, 2.24) is 0 Å². The first-order chi connectivity index (χ1) is 9.86. The molecule has 0 spiro atoms. The van der Waals surface area contributed by atoms with Gasteiger partial charge in [-0.3, -0.25) is 0 Å². The van der Waals surface area contributed by atoms with E-state index in [0.29, 0.717) is 39.6 Å². The predicted molar refractivity (Wildman–Crippen MR) is 77.0 cm³/mol. The average Bonchev–Trinajstić information content (AvgIpc) is 2.50. The van der Waals surface area contributed by atoms with Gasteiger partial charge in [0.1, 0.15) is 12.4 Å². The Labute approximate surface area is 119 Å². The van der Waals surface area contributed by atoms with Gasteiger partial charge in [-0.15, -0.1) is 0 Å². The Balaban J connectivity index is 1.95. The lowest BCUT2D eigenvalue weighted by atomic mass is 10.2. The highest BCUT2D eigenvalue weighted by Crippen LogP contribution is 2.12. The highest BCUT2D eigenvalue weighted by Gasteiger charge is 1.95. The molecule has 0 fully saturated rings. The van der Waals surface area contributed by atoms with Crippen LogP contribution in [0.15, 0.2) is 29.4 Å². The van der Waals surface area contributed by atoms with E-state index < -0.39 is 0 Å². The Morgan fingerprint density at radius 3 is 2.30 bits per heavy atom. The molecular formula is C14H21N3O3. The van der Waals surface area contributed by atoms with Crippen LogP contribution >= 0.6 is 0 Å². The molecule has 1 aromatic carbocycles. The number of aryl methyl sites for hydroxylation is 1. The summed E-state index contributed by atoms with van der Waals surface area (Å²) >= 11 is 0. The van der Waals surface area contributed by atoms with Gasteiger partial charge in [-0.1, -0.05) is 24.2 Å². The zero-order valence-corrected chi connectivity index (χ0v) is 11.8. The fraction of sp³-hybridized carbons (Fsp3) is 0.571. The molecule has 0 bridgehead atoms. The minimum Gasteiger partial charge on any atom is -0.491 e. The molecule has 0 aliphatic heterocycles. The second-order valence-electron chi connectivity index (χ2n) is 4.03. The van der Waals surface area contributed by atoms with E-state index in [2.05, 4.69) is 29.1 Å². The fourth-order valence-corrected chi connectivity index (χ4v) is 1.51. The first-order valence-electron chi connectivity index (χ1n) is 6.75. The third-order valence-corrected chi connectivity index (χ3v) is 2.60. The van der Waals surface area contributed by atoms with Gasteiger partial charge in [0.2, 0.25) is 0 Å². The summed E-state index contributed by atoms with van der Waals surface area (Å²) in [5, 5.41) is 3.36. The van der Waals surface area contributed by atoms with E-state index in [9.17, 15) is 0 Å². The zero-order chi connectivity index (χ0) is 14.5. The molecule has 0 unspecified atom stereocenters. The summed E-state index contributed by atoms with van der Waals surface area (Å²) in [5.41, 5.74) is 9.35. The number of hydrogen-bond acceptors (Lipinski definition) is 4. The maximum atomic E-state index is 8.05. The largest absolute Gasteiger partial charge is 0.491 e. The van der Waals surface area contributed by atoms with E-state index in [0.717, 1.165) is 12.2 Å². The molecule has 0 saturated carbocycles. The van der Waals surface area contributed by atoms with Crippen LogP contribution in [0.1, 0.15) is 12.5 Å². The number of azide groups is 1. The number of hydrogen-bond donors (Lipinski definition) is 0. The van der Waals surface area contributed by atoms with Crippen molar-refractivity contribution < 1.29 is 14.2 Å². The van der Waals surface area contributed by atoms with Gasteiger partial charge in [-0.25, -0.2) is 0 Å². The van der Waals surface area contributed by atoms with Crippen LogP contribution in [0.4, 0.5) is 0 Å². The topological polar surface area (TPSA) is 76.5 Å². The van der Waals surface area contributed by atoms with Crippen molar-refractivity contribution in [2.45, 2.75) is 13.3 Å². The minimum atomic E-state index is 0.355. The second-order valence-corrected chi connectivity index (χ2v) is 4.03. The minimum absolute atomic E-state index is 0.355. The van der Waals surface area contributed by atoms with Crippen LogP contribution in [0.5, 0.6) is 5.75 Å².